The average Bonchev–Trinajstić information content (AvgIpc) is 2.01. The van der Waals surface area contributed by atoms with Crippen molar-refractivity contribution in [3.63, 3.8) is 0 Å². The summed E-state index contributed by atoms with van der Waals surface area (Å²) in [6.45, 7) is 4.37. The van der Waals surface area contributed by atoms with Gasteiger partial charge in [0.25, 0.3) is 0 Å². The number of halogens is 3. The van der Waals surface area contributed by atoms with Crippen molar-refractivity contribution in [2.24, 2.45) is 0 Å². The smallest absolute Gasteiger partial charge is 0.284 e. The third-order valence-corrected chi connectivity index (χ3v) is 2.54. The molecule has 0 aromatic rings. The molecule has 0 amide bonds. The van der Waals surface area contributed by atoms with Gasteiger partial charge < -0.3 is 0 Å². The maximum atomic E-state index is 12.2. The minimum Gasteiger partial charge on any atom is -0.284 e. The van der Waals surface area contributed by atoms with Gasteiger partial charge in [-0.1, -0.05) is 0 Å². The standard InChI is InChI=1S/C4H10FO3P.C2H5F2O2P/c1-3-7-9(5,6)8-4-2;1-2-6-7(3,4)5/h3-4H2,1-2H3;2H2,1H3. The van der Waals surface area contributed by atoms with Crippen LogP contribution in [0.4, 0.5) is 12.6 Å². The Balaban J connectivity index is 0. The summed E-state index contributed by atoms with van der Waals surface area (Å²) in [5.41, 5.74) is 0. The van der Waals surface area contributed by atoms with Crippen LogP contribution in [0.25, 0.3) is 0 Å². The van der Waals surface area contributed by atoms with Gasteiger partial charge in [-0.05, 0) is 20.8 Å². The van der Waals surface area contributed by atoms with Crippen molar-refractivity contribution in [2.45, 2.75) is 20.8 Å². The number of hydrogen-bond acceptors (Lipinski definition) is 5. The Hall–Kier alpha value is 0.130. The van der Waals surface area contributed by atoms with Crippen LogP contribution in [0.2, 0.25) is 0 Å². The number of rotatable bonds is 6. The lowest BCUT2D eigenvalue weighted by Crippen LogP contribution is -1.89. The van der Waals surface area contributed by atoms with Crippen molar-refractivity contribution in [2.75, 3.05) is 19.8 Å². The zero-order valence-electron chi connectivity index (χ0n) is 9.19. The second kappa shape index (κ2) is 9.19. The minimum absolute atomic E-state index is 0.0633. The Bertz CT molecular complexity index is 247. The summed E-state index contributed by atoms with van der Waals surface area (Å²) in [5, 5.41) is 0. The van der Waals surface area contributed by atoms with Crippen LogP contribution in [-0.2, 0) is 22.7 Å². The van der Waals surface area contributed by atoms with Gasteiger partial charge in [0.05, 0.1) is 19.8 Å². The molecule has 0 spiro atoms. The molecular formula is C6H15F3O5P2. The quantitative estimate of drug-likeness (QED) is 0.684. The van der Waals surface area contributed by atoms with Crippen molar-refractivity contribution in [1.29, 1.82) is 0 Å². The molecule has 10 heteroatoms. The molecule has 0 saturated heterocycles. The molecule has 0 bridgehead atoms. The first-order valence-corrected chi connectivity index (χ1v) is 7.25. The van der Waals surface area contributed by atoms with Crippen molar-refractivity contribution in [1.82, 2.24) is 0 Å². The van der Waals surface area contributed by atoms with E-state index in [1.165, 1.54) is 6.92 Å². The van der Waals surface area contributed by atoms with Crippen LogP contribution >= 0.6 is 15.9 Å². The van der Waals surface area contributed by atoms with Gasteiger partial charge in [-0.2, -0.15) is 0 Å². The van der Waals surface area contributed by atoms with Crippen LogP contribution in [0.15, 0.2) is 0 Å². The summed E-state index contributed by atoms with van der Waals surface area (Å²) in [4.78, 5) is 0. The van der Waals surface area contributed by atoms with Crippen LogP contribution in [-0.4, -0.2) is 19.8 Å². The fourth-order valence-corrected chi connectivity index (χ4v) is 1.49. The predicted molar refractivity (Wildman–Crippen MR) is 53.4 cm³/mol. The molecule has 0 rings (SSSR count). The second-order valence-electron chi connectivity index (χ2n) is 2.10. The molecule has 0 aliphatic carbocycles. The lowest BCUT2D eigenvalue weighted by molar-refractivity contribution is 0.188. The third-order valence-electron chi connectivity index (χ3n) is 0.846. The maximum absolute atomic E-state index is 12.2. The second-order valence-corrected chi connectivity index (χ2v) is 4.56. The summed E-state index contributed by atoms with van der Waals surface area (Å²) in [7, 11) is -9.36. The first kappa shape index (κ1) is 18.5. The van der Waals surface area contributed by atoms with E-state index in [2.05, 4.69) is 13.6 Å². The summed E-state index contributed by atoms with van der Waals surface area (Å²) in [6, 6.07) is 0. The Morgan fingerprint density at radius 2 is 1.12 bits per heavy atom. The van der Waals surface area contributed by atoms with Gasteiger partial charge in [0, 0.05) is 0 Å². The maximum Gasteiger partial charge on any atom is 0.551 e. The molecule has 0 aliphatic heterocycles. The van der Waals surface area contributed by atoms with Crippen molar-refractivity contribution < 1.29 is 35.3 Å². The largest absolute Gasteiger partial charge is 0.551 e. The summed E-state index contributed by atoms with van der Waals surface area (Å²) >= 11 is 0. The van der Waals surface area contributed by atoms with Crippen molar-refractivity contribution >= 4 is 15.9 Å². The highest BCUT2D eigenvalue weighted by Crippen LogP contribution is 2.50. The monoisotopic (exact) mass is 286 g/mol. The molecule has 5 nitrogen and oxygen atoms in total. The summed E-state index contributed by atoms with van der Waals surface area (Å²) < 4.78 is 65.6. The van der Waals surface area contributed by atoms with Gasteiger partial charge in [0.2, 0.25) is 0 Å². The van der Waals surface area contributed by atoms with Gasteiger partial charge in [0.15, 0.2) is 0 Å². The van der Waals surface area contributed by atoms with E-state index >= 15 is 0 Å². The Morgan fingerprint density at radius 3 is 1.25 bits per heavy atom. The molecule has 0 aromatic carbocycles. The molecule has 100 valence electrons. The van der Waals surface area contributed by atoms with E-state index in [1.807, 2.05) is 0 Å². The molecule has 0 heterocycles. The average molecular weight is 286 g/mol. The van der Waals surface area contributed by atoms with E-state index in [4.69, 9.17) is 0 Å². The topological polar surface area (TPSA) is 61.8 Å². The van der Waals surface area contributed by atoms with E-state index in [0.29, 0.717) is 0 Å². The first-order valence-electron chi connectivity index (χ1n) is 4.41. The van der Waals surface area contributed by atoms with E-state index in [-0.39, 0.29) is 19.8 Å². The first-order chi connectivity index (χ1) is 7.18. The Kier molecular flexibility index (Phi) is 10.6. The van der Waals surface area contributed by atoms with Crippen molar-refractivity contribution in [3.8, 4) is 0 Å². The van der Waals surface area contributed by atoms with Crippen LogP contribution < -0.4 is 0 Å². The molecule has 0 atom stereocenters. The van der Waals surface area contributed by atoms with Crippen LogP contribution in [0.1, 0.15) is 20.8 Å². The van der Waals surface area contributed by atoms with Crippen LogP contribution in [0.3, 0.4) is 0 Å². The minimum atomic E-state index is -5.17. The molecule has 0 N–H and O–H groups in total. The molecule has 0 fully saturated rings. The molecule has 0 saturated carbocycles. The van der Waals surface area contributed by atoms with Gasteiger partial charge >= 0.3 is 15.9 Å². The van der Waals surface area contributed by atoms with E-state index in [9.17, 15) is 21.7 Å². The van der Waals surface area contributed by atoms with Gasteiger partial charge in [-0.15, -0.1) is 12.6 Å². The van der Waals surface area contributed by atoms with Crippen molar-refractivity contribution in [3.05, 3.63) is 0 Å². The fourth-order valence-electron chi connectivity index (χ4n) is 0.496. The third kappa shape index (κ3) is 16.6. The summed E-state index contributed by atoms with van der Waals surface area (Å²) in [6.07, 6.45) is 0. The fraction of sp³-hybridized carbons (Fsp3) is 1.00. The van der Waals surface area contributed by atoms with Crippen LogP contribution in [0, 0.1) is 0 Å². The van der Waals surface area contributed by atoms with E-state index in [0.717, 1.165) is 0 Å². The zero-order chi connectivity index (χ0) is 13.2. The highest BCUT2D eigenvalue weighted by atomic mass is 31.2. The molecule has 16 heavy (non-hydrogen) atoms. The van der Waals surface area contributed by atoms with Crippen LogP contribution in [0.5, 0.6) is 0 Å². The van der Waals surface area contributed by atoms with Gasteiger partial charge in [-0.25, -0.2) is 9.13 Å². The van der Waals surface area contributed by atoms with E-state index < -0.39 is 15.9 Å². The highest BCUT2D eigenvalue weighted by Gasteiger charge is 2.21. The summed E-state index contributed by atoms with van der Waals surface area (Å²) in [5.74, 6) is 0. The van der Waals surface area contributed by atoms with E-state index in [1.54, 1.807) is 13.8 Å². The molecular weight excluding hydrogens is 271 g/mol. The lowest BCUT2D eigenvalue weighted by atomic mass is 10.9. The lowest BCUT2D eigenvalue weighted by Gasteiger charge is -2.04. The molecule has 0 radical (unpaired) electrons. The number of hydrogen-bond donors (Lipinski definition) is 0. The normalized spacial score (nSPS) is 11.9. The molecule has 0 aliphatic rings. The van der Waals surface area contributed by atoms with Gasteiger partial charge in [-0.3, -0.25) is 13.6 Å². The highest BCUT2D eigenvalue weighted by molar-refractivity contribution is 7.48. The van der Waals surface area contributed by atoms with Gasteiger partial charge in [0.1, 0.15) is 0 Å². The molecule has 0 unspecified atom stereocenters. The zero-order valence-corrected chi connectivity index (χ0v) is 11.0. The Morgan fingerprint density at radius 1 is 0.812 bits per heavy atom. The SMILES string of the molecule is CCOP(=O)(F)F.CCOP(=O)(F)OCC. The predicted octanol–water partition coefficient (Wildman–Crippen LogP) is 4.21. The molecule has 0 aromatic heterocycles. The Labute approximate surface area is 92.6 Å².